The molecule has 0 bridgehead atoms. The minimum absolute atomic E-state index is 0.0455. The van der Waals surface area contributed by atoms with Crippen LogP contribution in [0, 0.1) is 0 Å². The van der Waals surface area contributed by atoms with Crippen molar-refractivity contribution in [2.45, 2.75) is 13.0 Å². The number of nitrogens with zero attached hydrogens (tertiary/aromatic N) is 1. The number of anilines is 1. The molecule has 2 N–H and O–H groups in total. The predicted octanol–water partition coefficient (Wildman–Crippen LogP) is 2.70. The minimum atomic E-state index is -0.0707. The fourth-order valence-electron chi connectivity index (χ4n) is 1.81. The average molecular weight is 244 g/mol. The van der Waals surface area contributed by atoms with Gasteiger partial charge in [0, 0.05) is 12.7 Å². The summed E-state index contributed by atoms with van der Waals surface area (Å²) >= 11 is 0. The Bertz CT molecular complexity index is 534. The Hall–Kier alpha value is -2.23. The van der Waals surface area contributed by atoms with E-state index in [9.17, 15) is 4.79 Å². The summed E-state index contributed by atoms with van der Waals surface area (Å²) < 4.78 is 4.92. The molecule has 0 radical (unpaired) electrons. The molecule has 0 saturated heterocycles. The summed E-state index contributed by atoms with van der Waals surface area (Å²) in [5.41, 5.74) is 8.00. The largest absolute Gasteiger partial charge is 0.472 e. The van der Waals surface area contributed by atoms with Crippen molar-refractivity contribution in [2.75, 3.05) is 12.8 Å². The second-order valence-electron chi connectivity index (χ2n) is 4.27. The molecule has 1 aromatic heterocycles. The Morgan fingerprint density at radius 1 is 1.39 bits per heavy atom. The van der Waals surface area contributed by atoms with Gasteiger partial charge in [0.05, 0.1) is 17.9 Å². The van der Waals surface area contributed by atoms with Crippen molar-refractivity contribution >= 4 is 11.6 Å². The molecular weight excluding hydrogens is 228 g/mol. The summed E-state index contributed by atoms with van der Waals surface area (Å²) in [4.78, 5) is 13.8. The van der Waals surface area contributed by atoms with E-state index in [1.165, 1.54) is 12.5 Å². The summed E-state index contributed by atoms with van der Waals surface area (Å²) in [7, 11) is 1.77. The van der Waals surface area contributed by atoms with Crippen LogP contribution < -0.4 is 5.73 Å². The maximum Gasteiger partial charge on any atom is 0.257 e. The zero-order chi connectivity index (χ0) is 13.1. The van der Waals surface area contributed by atoms with Crippen LogP contribution in [0.25, 0.3) is 0 Å². The Labute approximate surface area is 106 Å². The molecule has 4 nitrogen and oxygen atoms in total. The Morgan fingerprint density at radius 3 is 2.78 bits per heavy atom. The number of hydrogen-bond acceptors (Lipinski definition) is 3. The quantitative estimate of drug-likeness (QED) is 0.844. The van der Waals surface area contributed by atoms with Crippen molar-refractivity contribution in [3.05, 3.63) is 54.0 Å². The lowest BCUT2D eigenvalue weighted by Crippen LogP contribution is -2.29. The van der Waals surface area contributed by atoms with Gasteiger partial charge in [-0.2, -0.15) is 0 Å². The molecule has 4 heteroatoms. The zero-order valence-electron chi connectivity index (χ0n) is 10.5. The highest BCUT2D eigenvalue weighted by Gasteiger charge is 2.19. The molecule has 0 spiro atoms. The fraction of sp³-hybridized carbons (Fsp3) is 0.214. The number of benzene rings is 1. The van der Waals surface area contributed by atoms with Crippen LogP contribution in [0.15, 0.2) is 47.3 Å². The first-order chi connectivity index (χ1) is 8.59. The van der Waals surface area contributed by atoms with E-state index in [2.05, 4.69) is 0 Å². The van der Waals surface area contributed by atoms with Gasteiger partial charge in [-0.3, -0.25) is 4.79 Å². The predicted molar refractivity (Wildman–Crippen MR) is 70.1 cm³/mol. The van der Waals surface area contributed by atoms with E-state index in [1.807, 2.05) is 31.2 Å². The zero-order valence-corrected chi connectivity index (χ0v) is 10.5. The minimum Gasteiger partial charge on any atom is -0.472 e. The molecule has 94 valence electrons. The van der Waals surface area contributed by atoms with E-state index >= 15 is 0 Å². The van der Waals surface area contributed by atoms with Crippen molar-refractivity contribution in [3.63, 3.8) is 0 Å². The van der Waals surface area contributed by atoms with E-state index in [0.29, 0.717) is 11.3 Å². The van der Waals surface area contributed by atoms with E-state index in [1.54, 1.807) is 18.0 Å². The molecule has 0 aliphatic rings. The second-order valence-corrected chi connectivity index (χ2v) is 4.27. The Balaban J connectivity index is 2.18. The van der Waals surface area contributed by atoms with Crippen LogP contribution in [0.1, 0.15) is 28.9 Å². The van der Waals surface area contributed by atoms with Gasteiger partial charge >= 0.3 is 0 Å². The highest BCUT2D eigenvalue weighted by molar-refractivity contribution is 5.93. The maximum atomic E-state index is 12.1. The van der Waals surface area contributed by atoms with Gasteiger partial charge in [-0.05, 0) is 30.7 Å². The molecule has 0 fully saturated rings. The summed E-state index contributed by atoms with van der Waals surface area (Å²) in [5.74, 6) is -0.0707. The molecule has 1 unspecified atom stereocenters. The summed E-state index contributed by atoms with van der Waals surface area (Å²) in [6, 6.07) is 9.16. The fourth-order valence-corrected chi connectivity index (χ4v) is 1.81. The van der Waals surface area contributed by atoms with Gasteiger partial charge in [-0.25, -0.2) is 0 Å². The molecule has 1 amide bonds. The molecule has 2 aromatic rings. The number of carbonyl (C=O) groups excluding carboxylic acids is 1. The van der Waals surface area contributed by atoms with Gasteiger partial charge in [-0.15, -0.1) is 0 Å². The SMILES string of the molecule is CC(c1cccc(N)c1)N(C)C(=O)c1ccoc1. The molecule has 0 aliphatic carbocycles. The highest BCUT2D eigenvalue weighted by atomic mass is 16.3. The Morgan fingerprint density at radius 2 is 2.17 bits per heavy atom. The highest BCUT2D eigenvalue weighted by Crippen LogP contribution is 2.22. The third-order valence-electron chi connectivity index (χ3n) is 3.06. The summed E-state index contributed by atoms with van der Waals surface area (Å²) in [5, 5.41) is 0. The van der Waals surface area contributed by atoms with Crippen molar-refractivity contribution in [1.82, 2.24) is 4.90 Å². The average Bonchev–Trinajstić information content (AvgIpc) is 2.90. The van der Waals surface area contributed by atoms with Crippen LogP contribution in [0.2, 0.25) is 0 Å². The lowest BCUT2D eigenvalue weighted by atomic mass is 10.1. The van der Waals surface area contributed by atoms with Crippen molar-refractivity contribution in [2.24, 2.45) is 0 Å². The lowest BCUT2D eigenvalue weighted by molar-refractivity contribution is 0.0742. The normalized spacial score (nSPS) is 12.1. The van der Waals surface area contributed by atoms with Crippen LogP contribution in [0.4, 0.5) is 5.69 Å². The van der Waals surface area contributed by atoms with Crippen LogP contribution in [0.5, 0.6) is 0 Å². The molecule has 2 rings (SSSR count). The number of nitrogens with two attached hydrogens (primary N) is 1. The van der Waals surface area contributed by atoms with Gasteiger partial charge in [0.2, 0.25) is 0 Å². The first-order valence-electron chi connectivity index (χ1n) is 5.74. The van der Waals surface area contributed by atoms with E-state index in [-0.39, 0.29) is 11.9 Å². The van der Waals surface area contributed by atoms with Crippen molar-refractivity contribution < 1.29 is 9.21 Å². The van der Waals surface area contributed by atoms with E-state index in [4.69, 9.17) is 10.2 Å². The van der Waals surface area contributed by atoms with Gasteiger partial charge < -0.3 is 15.1 Å². The number of nitrogen functional groups attached to an aromatic ring is 1. The first kappa shape index (κ1) is 12.2. The number of amides is 1. The number of carbonyl (C=O) groups is 1. The Kier molecular flexibility index (Phi) is 3.37. The van der Waals surface area contributed by atoms with Crippen LogP contribution in [0.3, 0.4) is 0 Å². The number of hydrogen-bond donors (Lipinski definition) is 1. The number of furan rings is 1. The lowest BCUT2D eigenvalue weighted by Gasteiger charge is -2.25. The van der Waals surface area contributed by atoms with Crippen molar-refractivity contribution in [3.8, 4) is 0 Å². The van der Waals surface area contributed by atoms with Crippen molar-refractivity contribution in [1.29, 1.82) is 0 Å². The van der Waals surface area contributed by atoms with Crippen LogP contribution in [-0.2, 0) is 0 Å². The smallest absolute Gasteiger partial charge is 0.257 e. The van der Waals surface area contributed by atoms with Crippen LogP contribution in [-0.4, -0.2) is 17.9 Å². The monoisotopic (exact) mass is 244 g/mol. The molecule has 1 atom stereocenters. The molecule has 0 aliphatic heterocycles. The summed E-state index contributed by atoms with van der Waals surface area (Å²) in [6.45, 7) is 1.97. The maximum absolute atomic E-state index is 12.1. The van der Waals surface area contributed by atoms with Crippen LogP contribution >= 0.6 is 0 Å². The molecule has 18 heavy (non-hydrogen) atoms. The molecule has 0 saturated carbocycles. The third-order valence-corrected chi connectivity index (χ3v) is 3.06. The van der Waals surface area contributed by atoms with Gasteiger partial charge in [0.25, 0.3) is 5.91 Å². The summed E-state index contributed by atoms with van der Waals surface area (Å²) in [6.07, 6.45) is 2.94. The first-order valence-corrected chi connectivity index (χ1v) is 5.74. The third kappa shape index (κ3) is 2.37. The van der Waals surface area contributed by atoms with Gasteiger partial charge in [0.1, 0.15) is 6.26 Å². The van der Waals surface area contributed by atoms with Gasteiger partial charge in [0.15, 0.2) is 0 Å². The molecular formula is C14H16N2O2. The topological polar surface area (TPSA) is 59.5 Å². The standard InChI is InChI=1S/C14H16N2O2/c1-10(11-4-3-5-13(15)8-11)16(2)14(17)12-6-7-18-9-12/h3-10H,15H2,1-2H3. The second kappa shape index (κ2) is 4.96. The molecule has 1 aromatic carbocycles. The van der Waals surface area contributed by atoms with E-state index < -0.39 is 0 Å². The number of rotatable bonds is 3. The van der Waals surface area contributed by atoms with Gasteiger partial charge in [-0.1, -0.05) is 12.1 Å². The van der Waals surface area contributed by atoms with E-state index in [0.717, 1.165) is 5.56 Å². The molecule has 1 heterocycles.